The number of rotatable bonds is 4. The maximum atomic E-state index is 2.67. The molecular weight excluding hydrogens is 956 g/mol. The summed E-state index contributed by atoms with van der Waals surface area (Å²) in [5.74, 6) is 0. The summed E-state index contributed by atoms with van der Waals surface area (Å²) in [7, 11) is 0. The highest BCUT2D eigenvalue weighted by Gasteiger charge is 2.45. The molecule has 0 N–H and O–H groups in total. The van der Waals surface area contributed by atoms with Crippen LogP contribution in [0.25, 0.3) is 55.0 Å². The van der Waals surface area contributed by atoms with Crippen molar-refractivity contribution in [2.75, 3.05) is 9.80 Å². The lowest BCUT2D eigenvalue weighted by Gasteiger charge is -2.46. The van der Waals surface area contributed by atoms with E-state index in [0.29, 0.717) is 0 Å². The maximum Gasteiger partial charge on any atom is 0.252 e. The smallest absolute Gasteiger partial charge is 0.252 e. The third-order valence-corrected chi connectivity index (χ3v) is 17.4. The highest BCUT2D eigenvalue weighted by Crippen LogP contribution is 2.50. The fourth-order valence-electron chi connectivity index (χ4n) is 12.8. The van der Waals surface area contributed by atoms with E-state index in [-0.39, 0.29) is 33.8 Å². The van der Waals surface area contributed by atoms with Gasteiger partial charge in [0, 0.05) is 67.0 Å². The van der Waals surface area contributed by atoms with Gasteiger partial charge in [0.25, 0.3) is 6.71 Å². The van der Waals surface area contributed by atoms with Gasteiger partial charge in [-0.1, -0.05) is 201 Å². The Bertz CT molecular complexity index is 3860. The Morgan fingerprint density at radius 1 is 0.266 bits per heavy atom. The molecule has 11 aromatic rings. The number of hydrogen-bond donors (Lipinski definition) is 0. The molecule has 394 valence electrons. The summed E-state index contributed by atoms with van der Waals surface area (Å²) in [5, 5.41) is 5.04. The summed E-state index contributed by atoms with van der Waals surface area (Å²) in [6.07, 6.45) is 0. The molecule has 2 aliphatic heterocycles. The Labute approximate surface area is 469 Å². The van der Waals surface area contributed by atoms with Crippen molar-refractivity contribution in [3.05, 3.63) is 210 Å². The molecule has 0 bridgehead atoms. The van der Waals surface area contributed by atoms with Crippen molar-refractivity contribution in [2.24, 2.45) is 0 Å². The Balaban J connectivity index is 1.18. The summed E-state index contributed by atoms with van der Waals surface area (Å²) in [5.41, 5.74) is 24.3. The van der Waals surface area contributed by atoms with Gasteiger partial charge in [0.1, 0.15) is 0 Å². The highest BCUT2D eigenvalue weighted by molar-refractivity contribution is 7.00. The first kappa shape index (κ1) is 50.7. The lowest BCUT2D eigenvalue weighted by Crippen LogP contribution is -2.61. The molecule has 0 unspecified atom stereocenters. The summed E-state index contributed by atoms with van der Waals surface area (Å²) >= 11 is 0. The van der Waals surface area contributed by atoms with Crippen LogP contribution in [0.1, 0.15) is 132 Å². The predicted molar refractivity (Wildman–Crippen MR) is 343 cm³/mol. The van der Waals surface area contributed by atoms with Crippen LogP contribution in [0.5, 0.6) is 0 Å². The summed E-state index contributed by atoms with van der Waals surface area (Å²) in [4.78, 5) is 5.34. The Morgan fingerprint density at radius 2 is 0.544 bits per heavy atom. The second-order valence-electron chi connectivity index (χ2n) is 28.0. The minimum atomic E-state index is -0.192. The molecule has 13 rings (SSSR count). The topological polar surface area (TPSA) is 16.3 Å². The van der Waals surface area contributed by atoms with Gasteiger partial charge in [0.05, 0.1) is 22.1 Å². The van der Waals surface area contributed by atoms with Crippen molar-refractivity contribution < 1.29 is 0 Å². The van der Waals surface area contributed by atoms with Crippen LogP contribution in [0.15, 0.2) is 182 Å². The van der Waals surface area contributed by atoms with Gasteiger partial charge in [-0.2, -0.15) is 0 Å². The Kier molecular flexibility index (Phi) is 11.2. The number of nitrogens with zero attached hydrogens (tertiary/aromatic N) is 4. The zero-order valence-electron chi connectivity index (χ0n) is 49.2. The minimum Gasteiger partial charge on any atom is -0.311 e. The van der Waals surface area contributed by atoms with E-state index in [4.69, 9.17) is 0 Å². The van der Waals surface area contributed by atoms with Crippen molar-refractivity contribution in [1.82, 2.24) is 9.13 Å². The van der Waals surface area contributed by atoms with Crippen LogP contribution in [0, 0.1) is 0 Å². The number of benzene rings is 9. The third kappa shape index (κ3) is 8.16. The first-order chi connectivity index (χ1) is 37.3. The van der Waals surface area contributed by atoms with Crippen molar-refractivity contribution in [2.45, 2.75) is 131 Å². The number of hydrogen-bond acceptors (Lipinski definition) is 2. The molecular formula is C74H75BN4. The molecule has 0 spiro atoms. The molecule has 0 saturated heterocycles. The number of fused-ring (bicyclic) bond motifs is 10. The maximum absolute atomic E-state index is 2.67. The van der Waals surface area contributed by atoms with Gasteiger partial charge in [-0.15, -0.1) is 0 Å². The molecule has 0 fully saturated rings. The standard InChI is InChI=1S/C74H75BN4/c1-70(2,3)46-36-47(71(4,5)6)39-53(38-46)78-65-44-51(76-61-28-20-16-24-55(61)56-25-17-21-29-62(56)76)32-34-59(65)75-60-35-33-52(77-63-30-22-18-26-57(63)58-27-19-23-31-64(58)77)45-66(60)79(68-43-50(74(13,14)15)42-67(78)69(68)75)54-40-48(72(7,8)9)37-49(41-54)73(10,11)12/h16-45H,1-15H3. The van der Waals surface area contributed by atoms with E-state index in [1.807, 2.05) is 0 Å². The normalized spacial score (nSPS) is 13.9. The molecule has 0 aliphatic carbocycles. The number of anilines is 6. The second kappa shape index (κ2) is 17.4. The van der Waals surface area contributed by atoms with Gasteiger partial charge in [-0.3, -0.25) is 0 Å². The van der Waals surface area contributed by atoms with Crippen molar-refractivity contribution in [3.63, 3.8) is 0 Å². The lowest BCUT2D eigenvalue weighted by molar-refractivity contribution is 0.568. The van der Waals surface area contributed by atoms with Gasteiger partial charge in [0.2, 0.25) is 0 Å². The molecule has 0 atom stereocenters. The molecule has 9 aromatic carbocycles. The largest absolute Gasteiger partial charge is 0.311 e. The first-order valence-corrected chi connectivity index (χ1v) is 28.7. The van der Waals surface area contributed by atoms with Crippen LogP contribution in [0.2, 0.25) is 0 Å². The predicted octanol–water partition coefficient (Wildman–Crippen LogP) is 18.5. The quantitative estimate of drug-likeness (QED) is 0.163. The first-order valence-electron chi connectivity index (χ1n) is 28.7. The second-order valence-corrected chi connectivity index (χ2v) is 28.0. The average molecular weight is 1030 g/mol. The monoisotopic (exact) mass is 1030 g/mol. The Hall–Kier alpha value is -7.76. The van der Waals surface area contributed by atoms with Gasteiger partial charge >= 0.3 is 0 Å². The molecule has 0 saturated carbocycles. The number of para-hydroxylation sites is 4. The van der Waals surface area contributed by atoms with E-state index >= 15 is 0 Å². The van der Waals surface area contributed by atoms with Gasteiger partial charge in [-0.25, -0.2) is 0 Å². The zero-order chi connectivity index (χ0) is 55.5. The highest BCUT2D eigenvalue weighted by atomic mass is 15.2. The fraction of sp³-hybridized carbons (Fsp3) is 0.270. The SMILES string of the molecule is CC(C)(C)c1cc(N2c3cc(-n4c5ccccc5c5ccccc54)ccc3B3c4ccc(-n5c6ccccc6c6ccccc65)cc4N(c4cc(C(C)(C)C)cc(C(C)(C)C)c4)c4cc(C(C)(C)C)cc2c43)cc(C(C)(C)C)c1. The summed E-state index contributed by atoms with van der Waals surface area (Å²) in [6.45, 7) is 35.4. The van der Waals surface area contributed by atoms with E-state index in [1.54, 1.807) is 0 Å². The van der Waals surface area contributed by atoms with Gasteiger partial charge in [-0.05, 0) is 156 Å². The van der Waals surface area contributed by atoms with Gasteiger partial charge in [0.15, 0.2) is 0 Å². The van der Waals surface area contributed by atoms with Crippen molar-refractivity contribution in [3.8, 4) is 11.4 Å². The van der Waals surface area contributed by atoms with Crippen molar-refractivity contribution >= 4 is 101 Å². The Morgan fingerprint density at radius 3 is 0.835 bits per heavy atom. The summed E-state index contributed by atoms with van der Waals surface area (Å²) in [6, 6.07) is 70.5. The molecule has 5 heteroatoms. The lowest BCUT2D eigenvalue weighted by atomic mass is 9.33. The van der Waals surface area contributed by atoms with E-state index in [9.17, 15) is 0 Å². The zero-order valence-corrected chi connectivity index (χ0v) is 49.2. The molecule has 0 radical (unpaired) electrons. The molecule has 2 aliphatic rings. The van der Waals surface area contributed by atoms with Crippen molar-refractivity contribution in [1.29, 1.82) is 0 Å². The average Bonchev–Trinajstić information content (AvgIpc) is 3.55. The van der Waals surface area contributed by atoms with E-state index in [0.717, 1.165) is 11.4 Å². The molecule has 0 amide bonds. The van der Waals surface area contributed by atoms with Crippen LogP contribution in [-0.2, 0) is 27.1 Å². The molecule has 2 aromatic heterocycles. The molecule has 79 heavy (non-hydrogen) atoms. The molecule has 4 heterocycles. The van der Waals surface area contributed by atoms with Crippen LogP contribution in [-0.4, -0.2) is 15.8 Å². The van der Waals surface area contributed by atoms with Crippen LogP contribution >= 0.6 is 0 Å². The molecule has 4 nitrogen and oxygen atoms in total. The summed E-state index contributed by atoms with van der Waals surface area (Å²) < 4.78 is 4.98. The van der Waals surface area contributed by atoms with Gasteiger partial charge < -0.3 is 18.9 Å². The fourth-order valence-corrected chi connectivity index (χ4v) is 12.8. The van der Waals surface area contributed by atoms with Crippen LogP contribution < -0.4 is 26.2 Å². The van der Waals surface area contributed by atoms with E-state index < -0.39 is 0 Å². The van der Waals surface area contributed by atoms with E-state index in [1.165, 1.54) is 122 Å². The van der Waals surface area contributed by atoms with Crippen LogP contribution in [0.4, 0.5) is 34.1 Å². The van der Waals surface area contributed by atoms with E-state index in [2.05, 4.69) is 305 Å². The van der Waals surface area contributed by atoms with Crippen LogP contribution in [0.3, 0.4) is 0 Å². The minimum absolute atomic E-state index is 0.0864. The third-order valence-electron chi connectivity index (χ3n) is 17.4. The number of aromatic nitrogens is 2.